The summed E-state index contributed by atoms with van der Waals surface area (Å²) in [6, 6.07) is 0.705. The van der Waals surface area contributed by atoms with Crippen molar-refractivity contribution in [2.24, 2.45) is 0 Å². The van der Waals surface area contributed by atoms with Crippen molar-refractivity contribution in [1.82, 2.24) is 4.90 Å². The van der Waals surface area contributed by atoms with Gasteiger partial charge in [-0.25, -0.2) is 0 Å². The van der Waals surface area contributed by atoms with E-state index in [1.165, 1.54) is 12.8 Å². The van der Waals surface area contributed by atoms with Crippen LogP contribution < -0.4 is 0 Å². The topological polar surface area (TPSA) is 20.3 Å². The lowest BCUT2D eigenvalue weighted by atomic mass is 10.4. The largest absolute Gasteiger partial charge is 0.375 e. The second-order valence-electron chi connectivity index (χ2n) is 2.79. The van der Waals surface area contributed by atoms with Gasteiger partial charge in [-0.15, -0.1) is 0 Å². The van der Waals surface area contributed by atoms with Gasteiger partial charge in [-0.05, 0) is 25.8 Å². The summed E-state index contributed by atoms with van der Waals surface area (Å²) in [5.41, 5.74) is 1.07. The van der Waals surface area contributed by atoms with Crippen LogP contribution in [0.15, 0.2) is 11.8 Å². The Morgan fingerprint density at radius 2 is 2.20 bits per heavy atom. The molecule has 0 atom stereocenters. The maximum absolute atomic E-state index is 10.1. The fourth-order valence-corrected chi connectivity index (χ4v) is 0.966. The first-order valence-electron chi connectivity index (χ1n) is 3.60. The van der Waals surface area contributed by atoms with Gasteiger partial charge < -0.3 is 4.90 Å². The maximum Gasteiger partial charge on any atom is 0.144 e. The predicted octanol–water partition coefficient (Wildman–Crippen LogP) is 1.18. The Labute approximate surface area is 61.5 Å². The van der Waals surface area contributed by atoms with Gasteiger partial charge in [-0.2, -0.15) is 0 Å². The molecule has 1 fully saturated rings. The maximum atomic E-state index is 10.1. The molecule has 1 aliphatic rings. The van der Waals surface area contributed by atoms with E-state index in [2.05, 4.69) is 4.90 Å². The van der Waals surface area contributed by atoms with Crippen LogP contribution in [0.2, 0.25) is 0 Å². The van der Waals surface area contributed by atoms with Crippen LogP contribution in [0.1, 0.15) is 19.8 Å². The molecular formula is C8H13NO. The zero-order chi connectivity index (χ0) is 7.56. The second-order valence-corrected chi connectivity index (χ2v) is 2.79. The lowest BCUT2D eigenvalue weighted by molar-refractivity contribution is -0.104. The van der Waals surface area contributed by atoms with Crippen molar-refractivity contribution >= 4 is 6.29 Å². The molecular weight excluding hydrogens is 126 g/mol. The molecule has 0 spiro atoms. The summed E-state index contributed by atoms with van der Waals surface area (Å²) in [4.78, 5) is 12.2. The van der Waals surface area contributed by atoms with Crippen molar-refractivity contribution in [3.8, 4) is 0 Å². The second kappa shape index (κ2) is 2.86. The monoisotopic (exact) mass is 139 g/mol. The van der Waals surface area contributed by atoms with E-state index in [0.29, 0.717) is 6.04 Å². The van der Waals surface area contributed by atoms with Crippen LogP contribution in [-0.4, -0.2) is 24.3 Å². The molecule has 1 saturated carbocycles. The van der Waals surface area contributed by atoms with Crippen LogP contribution >= 0.6 is 0 Å². The third-order valence-electron chi connectivity index (χ3n) is 1.96. The highest BCUT2D eigenvalue weighted by atomic mass is 16.1. The average molecular weight is 139 g/mol. The Kier molecular flexibility index (Phi) is 2.10. The van der Waals surface area contributed by atoms with Crippen molar-refractivity contribution in [3.05, 3.63) is 11.8 Å². The molecule has 56 valence electrons. The highest BCUT2D eigenvalue weighted by Gasteiger charge is 2.25. The van der Waals surface area contributed by atoms with Gasteiger partial charge >= 0.3 is 0 Å². The van der Waals surface area contributed by atoms with Crippen LogP contribution in [0.3, 0.4) is 0 Å². The number of hydrogen-bond acceptors (Lipinski definition) is 2. The molecule has 1 rings (SSSR count). The first-order valence-corrected chi connectivity index (χ1v) is 3.60. The number of rotatable bonds is 3. The first kappa shape index (κ1) is 7.32. The van der Waals surface area contributed by atoms with Crippen LogP contribution in [0.25, 0.3) is 0 Å². The van der Waals surface area contributed by atoms with E-state index in [4.69, 9.17) is 0 Å². The van der Waals surface area contributed by atoms with E-state index < -0.39 is 0 Å². The molecule has 0 saturated heterocycles. The van der Waals surface area contributed by atoms with Crippen molar-refractivity contribution in [2.75, 3.05) is 7.05 Å². The van der Waals surface area contributed by atoms with Crippen molar-refractivity contribution < 1.29 is 4.79 Å². The van der Waals surface area contributed by atoms with E-state index in [9.17, 15) is 4.79 Å². The summed E-state index contributed by atoms with van der Waals surface area (Å²) in [5.74, 6) is 0. The van der Waals surface area contributed by atoms with E-state index in [1.807, 2.05) is 14.0 Å². The molecule has 0 aromatic carbocycles. The predicted molar refractivity (Wildman–Crippen MR) is 40.6 cm³/mol. The molecule has 0 radical (unpaired) electrons. The summed E-state index contributed by atoms with van der Waals surface area (Å²) >= 11 is 0. The van der Waals surface area contributed by atoms with Crippen molar-refractivity contribution in [3.63, 3.8) is 0 Å². The van der Waals surface area contributed by atoms with E-state index >= 15 is 0 Å². The zero-order valence-electron chi connectivity index (χ0n) is 6.50. The first-order chi connectivity index (χ1) is 4.75. The molecule has 1 aliphatic carbocycles. The Morgan fingerprint density at radius 1 is 1.60 bits per heavy atom. The Morgan fingerprint density at radius 3 is 2.60 bits per heavy atom. The van der Waals surface area contributed by atoms with Gasteiger partial charge in [0.1, 0.15) is 6.29 Å². The van der Waals surface area contributed by atoms with Crippen LogP contribution in [0.4, 0.5) is 0 Å². The minimum absolute atomic E-state index is 0.705. The minimum Gasteiger partial charge on any atom is -0.375 e. The smallest absolute Gasteiger partial charge is 0.144 e. The quantitative estimate of drug-likeness (QED) is 0.432. The summed E-state index contributed by atoms with van der Waals surface area (Å²) in [5, 5.41) is 0. The average Bonchev–Trinajstić information content (AvgIpc) is 2.68. The van der Waals surface area contributed by atoms with Crippen molar-refractivity contribution in [1.29, 1.82) is 0 Å². The molecule has 0 unspecified atom stereocenters. The highest BCUT2D eigenvalue weighted by Crippen LogP contribution is 2.27. The molecule has 0 N–H and O–H groups in total. The SMILES string of the molecule is C/C(=C\C=O)N(C)C1CC1. The summed E-state index contributed by atoms with van der Waals surface area (Å²) in [6.07, 6.45) is 5.01. The van der Waals surface area contributed by atoms with Gasteiger partial charge in [0, 0.05) is 18.8 Å². The van der Waals surface area contributed by atoms with Gasteiger partial charge in [0.15, 0.2) is 0 Å². The van der Waals surface area contributed by atoms with Crippen LogP contribution in [-0.2, 0) is 4.79 Å². The zero-order valence-corrected chi connectivity index (χ0v) is 6.50. The lowest BCUT2D eigenvalue weighted by Crippen LogP contribution is -2.18. The fraction of sp³-hybridized carbons (Fsp3) is 0.625. The number of aldehydes is 1. The van der Waals surface area contributed by atoms with Gasteiger partial charge in [-0.3, -0.25) is 4.79 Å². The minimum atomic E-state index is 0.705. The Hall–Kier alpha value is -0.790. The van der Waals surface area contributed by atoms with Crippen LogP contribution in [0.5, 0.6) is 0 Å². The fourth-order valence-electron chi connectivity index (χ4n) is 0.966. The third kappa shape index (κ3) is 1.59. The Bertz CT molecular complexity index is 159. The molecule has 0 bridgehead atoms. The van der Waals surface area contributed by atoms with Crippen molar-refractivity contribution in [2.45, 2.75) is 25.8 Å². The summed E-state index contributed by atoms with van der Waals surface area (Å²) in [6.45, 7) is 1.96. The Balaban J connectivity index is 2.45. The van der Waals surface area contributed by atoms with E-state index in [1.54, 1.807) is 6.08 Å². The molecule has 2 nitrogen and oxygen atoms in total. The number of hydrogen-bond donors (Lipinski definition) is 0. The molecule has 2 heteroatoms. The normalized spacial score (nSPS) is 18.8. The van der Waals surface area contributed by atoms with Gasteiger partial charge in [0.05, 0.1) is 0 Å². The van der Waals surface area contributed by atoms with Crippen LogP contribution in [0, 0.1) is 0 Å². The third-order valence-corrected chi connectivity index (χ3v) is 1.96. The summed E-state index contributed by atoms with van der Waals surface area (Å²) in [7, 11) is 2.03. The van der Waals surface area contributed by atoms with E-state index in [-0.39, 0.29) is 0 Å². The molecule has 0 aromatic rings. The molecule has 0 amide bonds. The molecule has 10 heavy (non-hydrogen) atoms. The number of allylic oxidation sites excluding steroid dienone is 2. The van der Waals surface area contributed by atoms with Gasteiger partial charge in [0.25, 0.3) is 0 Å². The standard InChI is InChI=1S/C8H13NO/c1-7(5-6-10)9(2)8-3-4-8/h5-6,8H,3-4H2,1-2H3/b7-5+. The van der Waals surface area contributed by atoms with E-state index in [0.717, 1.165) is 12.0 Å². The number of nitrogens with zero attached hydrogens (tertiary/aromatic N) is 1. The summed E-state index contributed by atoms with van der Waals surface area (Å²) < 4.78 is 0. The highest BCUT2D eigenvalue weighted by molar-refractivity contribution is 5.65. The number of carbonyl (C=O) groups is 1. The molecule has 0 heterocycles. The van der Waals surface area contributed by atoms with Gasteiger partial charge in [-0.1, -0.05) is 0 Å². The lowest BCUT2D eigenvalue weighted by Gasteiger charge is -2.17. The number of carbonyl (C=O) groups excluding carboxylic acids is 1. The molecule has 0 aliphatic heterocycles. The van der Waals surface area contributed by atoms with Gasteiger partial charge in [0.2, 0.25) is 0 Å². The molecule has 0 aromatic heterocycles.